The Balaban J connectivity index is 1.03. The third-order valence-corrected chi connectivity index (χ3v) is 12.9. The molecule has 0 atom stereocenters. The van der Waals surface area contributed by atoms with E-state index in [0.717, 1.165) is 72.0 Å². The molecule has 1 aliphatic carbocycles. The van der Waals surface area contributed by atoms with Gasteiger partial charge in [0.2, 0.25) is 0 Å². The molecule has 0 spiro atoms. The monoisotopic (exact) mass is 819 g/mol. The van der Waals surface area contributed by atoms with Gasteiger partial charge in [-0.1, -0.05) is 178 Å². The van der Waals surface area contributed by atoms with Crippen LogP contribution in [-0.4, -0.2) is 15.0 Å². The first-order valence-electron chi connectivity index (χ1n) is 21.8. The number of rotatable bonds is 7. The van der Waals surface area contributed by atoms with Crippen LogP contribution in [0.5, 0.6) is 0 Å². The molecule has 9 aromatic carbocycles. The van der Waals surface area contributed by atoms with Gasteiger partial charge in [-0.25, -0.2) is 15.0 Å². The van der Waals surface area contributed by atoms with Crippen molar-refractivity contribution >= 4 is 21.9 Å². The Bertz CT molecular complexity index is 3510. The Labute approximate surface area is 372 Å². The lowest BCUT2D eigenvalue weighted by Crippen LogP contribution is -2.15. The zero-order valence-corrected chi connectivity index (χ0v) is 35.5. The van der Waals surface area contributed by atoms with Crippen molar-refractivity contribution in [2.24, 2.45) is 0 Å². The maximum Gasteiger partial charge on any atom is 0.164 e. The molecular formula is C60H41N3O. The molecule has 4 heteroatoms. The van der Waals surface area contributed by atoms with Crippen LogP contribution >= 0.6 is 0 Å². The van der Waals surface area contributed by atoms with Gasteiger partial charge in [-0.2, -0.15) is 0 Å². The fraction of sp³-hybridized carbons (Fsp3) is 0.0500. The van der Waals surface area contributed by atoms with Crippen molar-refractivity contribution in [1.82, 2.24) is 15.0 Å². The maximum absolute atomic E-state index is 6.68. The highest BCUT2D eigenvalue weighted by atomic mass is 16.3. The molecule has 0 saturated heterocycles. The molecular weight excluding hydrogens is 779 g/mol. The Kier molecular flexibility index (Phi) is 8.80. The second kappa shape index (κ2) is 15.0. The van der Waals surface area contributed by atoms with E-state index in [-0.39, 0.29) is 5.41 Å². The van der Waals surface area contributed by atoms with Crippen LogP contribution in [-0.2, 0) is 5.41 Å². The first-order valence-corrected chi connectivity index (χ1v) is 21.8. The lowest BCUT2D eigenvalue weighted by molar-refractivity contribution is 0.660. The zero-order valence-electron chi connectivity index (χ0n) is 35.5. The van der Waals surface area contributed by atoms with E-state index in [4.69, 9.17) is 19.4 Å². The van der Waals surface area contributed by atoms with Crippen LogP contribution in [0, 0.1) is 0 Å². The summed E-state index contributed by atoms with van der Waals surface area (Å²) in [5.41, 5.74) is 18.3. The topological polar surface area (TPSA) is 51.8 Å². The van der Waals surface area contributed by atoms with Gasteiger partial charge in [0.05, 0.1) is 0 Å². The summed E-state index contributed by atoms with van der Waals surface area (Å²) in [5, 5.41) is 2.12. The van der Waals surface area contributed by atoms with Gasteiger partial charge in [0.25, 0.3) is 0 Å². The first-order chi connectivity index (χ1) is 31.4. The molecule has 0 amide bonds. The SMILES string of the molecule is CC1(C)c2ccccc2-c2ccc(-c3nc(-c4cc(-c5ccccc5)cc(-c5ccccc5)c4)nc(-c4ccc5c(c4)oc4cccc(-c6cccc(-c7ccccc7)c6)c45)n3)cc21. The second-order valence-corrected chi connectivity index (χ2v) is 17.2. The van der Waals surface area contributed by atoms with Gasteiger partial charge < -0.3 is 4.42 Å². The van der Waals surface area contributed by atoms with E-state index in [1.807, 2.05) is 0 Å². The van der Waals surface area contributed by atoms with Crippen LogP contribution in [0.4, 0.5) is 0 Å². The third-order valence-electron chi connectivity index (χ3n) is 12.9. The first kappa shape index (κ1) is 37.5. The molecule has 4 nitrogen and oxygen atoms in total. The molecule has 1 aliphatic rings. The van der Waals surface area contributed by atoms with Crippen molar-refractivity contribution in [3.05, 3.63) is 223 Å². The van der Waals surface area contributed by atoms with Crippen LogP contribution in [0.15, 0.2) is 217 Å². The van der Waals surface area contributed by atoms with Crippen molar-refractivity contribution in [2.45, 2.75) is 19.3 Å². The molecule has 0 bridgehead atoms. The van der Waals surface area contributed by atoms with Crippen LogP contribution in [0.3, 0.4) is 0 Å². The Morgan fingerprint density at radius 2 is 0.797 bits per heavy atom. The average Bonchev–Trinajstić information content (AvgIpc) is 3.85. The van der Waals surface area contributed by atoms with E-state index >= 15 is 0 Å². The van der Waals surface area contributed by atoms with Gasteiger partial charge in [-0.3, -0.25) is 0 Å². The van der Waals surface area contributed by atoms with Gasteiger partial charge in [0.1, 0.15) is 11.2 Å². The molecule has 2 aromatic heterocycles. The highest BCUT2D eigenvalue weighted by Crippen LogP contribution is 2.49. The highest BCUT2D eigenvalue weighted by Gasteiger charge is 2.35. The lowest BCUT2D eigenvalue weighted by Gasteiger charge is -2.21. The molecule has 0 N–H and O–H groups in total. The number of hydrogen-bond donors (Lipinski definition) is 0. The summed E-state index contributed by atoms with van der Waals surface area (Å²) in [6.07, 6.45) is 0. The van der Waals surface area contributed by atoms with Gasteiger partial charge in [0, 0.05) is 32.9 Å². The molecule has 0 aliphatic heterocycles. The summed E-state index contributed by atoms with van der Waals surface area (Å²) in [6, 6.07) is 75.0. The second-order valence-electron chi connectivity index (χ2n) is 17.2. The number of fused-ring (bicyclic) bond motifs is 6. The van der Waals surface area contributed by atoms with E-state index in [2.05, 4.69) is 226 Å². The normalized spacial score (nSPS) is 12.7. The predicted molar refractivity (Wildman–Crippen MR) is 263 cm³/mol. The minimum atomic E-state index is -0.177. The lowest BCUT2D eigenvalue weighted by atomic mass is 9.82. The van der Waals surface area contributed by atoms with E-state index in [1.54, 1.807) is 0 Å². The Hall–Kier alpha value is -8.21. The van der Waals surface area contributed by atoms with Gasteiger partial charge in [-0.05, 0) is 115 Å². The molecule has 302 valence electrons. The highest BCUT2D eigenvalue weighted by molar-refractivity contribution is 6.13. The van der Waals surface area contributed by atoms with E-state index in [1.165, 1.54) is 33.4 Å². The molecule has 11 aromatic rings. The van der Waals surface area contributed by atoms with E-state index in [9.17, 15) is 0 Å². The van der Waals surface area contributed by atoms with E-state index in [0.29, 0.717) is 17.5 Å². The largest absolute Gasteiger partial charge is 0.456 e. The van der Waals surface area contributed by atoms with Crippen LogP contribution in [0.1, 0.15) is 25.0 Å². The van der Waals surface area contributed by atoms with Crippen LogP contribution in [0.25, 0.3) is 112 Å². The van der Waals surface area contributed by atoms with E-state index < -0.39 is 0 Å². The van der Waals surface area contributed by atoms with Gasteiger partial charge in [0.15, 0.2) is 17.5 Å². The maximum atomic E-state index is 6.68. The quantitative estimate of drug-likeness (QED) is 0.161. The number of nitrogens with zero attached hydrogens (tertiary/aromatic N) is 3. The standard InChI is InChI=1S/C60H41N3O/c1-60(2)52-26-13-12-24-49(52)50-30-28-43(36-53(50)60)57-61-58(63-59(62-57)47-34-45(39-18-8-4-9-19-39)33-46(35-47)40-20-10-5-11-21-40)44-29-31-51-55(37-44)64-54-27-15-25-48(56(51)54)42-23-14-22-41(32-42)38-16-6-3-7-17-38/h3-37H,1-2H3. The molecule has 12 rings (SSSR count). The summed E-state index contributed by atoms with van der Waals surface area (Å²) < 4.78 is 6.68. The average molecular weight is 820 g/mol. The predicted octanol–water partition coefficient (Wildman–Crippen LogP) is 15.7. The molecule has 0 unspecified atom stereocenters. The van der Waals surface area contributed by atoms with Crippen LogP contribution < -0.4 is 0 Å². The third kappa shape index (κ3) is 6.42. The summed E-state index contributed by atoms with van der Waals surface area (Å²) in [6.45, 7) is 4.61. The van der Waals surface area contributed by atoms with Gasteiger partial charge in [-0.15, -0.1) is 0 Å². The minimum absolute atomic E-state index is 0.177. The fourth-order valence-electron chi connectivity index (χ4n) is 9.66. The number of furan rings is 1. The number of benzene rings is 9. The molecule has 0 radical (unpaired) electrons. The Morgan fingerprint density at radius 1 is 0.312 bits per heavy atom. The van der Waals surface area contributed by atoms with Crippen molar-refractivity contribution < 1.29 is 4.42 Å². The summed E-state index contributed by atoms with van der Waals surface area (Å²) in [7, 11) is 0. The van der Waals surface area contributed by atoms with Crippen molar-refractivity contribution in [3.8, 4) is 89.8 Å². The molecule has 0 saturated carbocycles. The molecule has 0 fully saturated rings. The van der Waals surface area contributed by atoms with Crippen molar-refractivity contribution in [2.75, 3.05) is 0 Å². The molecule has 64 heavy (non-hydrogen) atoms. The summed E-state index contributed by atoms with van der Waals surface area (Å²) in [4.78, 5) is 15.9. The van der Waals surface area contributed by atoms with Crippen molar-refractivity contribution in [3.63, 3.8) is 0 Å². The van der Waals surface area contributed by atoms with Gasteiger partial charge >= 0.3 is 0 Å². The zero-order chi connectivity index (χ0) is 42.8. The number of hydrogen-bond acceptors (Lipinski definition) is 4. The molecule has 2 heterocycles. The minimum Gasteiger partial charge on any atom is -0.456 e. The summed E-state index contributed by atoms with van der Waals surface area (Å²) >= 11 is 0. The summed E-state index contributed by atoms with van der Waals surface area (Å²) in [5.74, 6) is 1.79. The van der Waals surface area contributed by atoms with Crippen LogP contribution in [0.2, 0.25) is 0 Å². The fourth-order valence-corrected chi connectivity index (χ4v) is 9.66. The smallest absolute Gasteiger partial charge is 0.164 e. The van der Waals surface area contributed by atoms with Crippen molar-refractivity contribution in [1.29, 1.82) is 0 Å². The number of aromatic nitrogens is 3. The Morgan fingerprint density at radius 3 is 1.48 bits per heavy atom.